The zero-order valence-corrected chi connectivity index (χ0v) is 9.67. The largest absolute Gasteiger partial charge is 0.466 e. The summed E-state index contributed by atoms with van der Waals surface area (Å²) in [5.74, 6) is -0.391. The summed E-state index contributed by atoms with van der Waals surface area (Å²) in [6, 6.07) is 0. The van der Waals surface area contributed by atoms with Gasteiger partial charge in [-0.25, -0.2) is 4.79 Å². The second kappa shape index (κ2) is 9.93. The molecule has 0 aliphatic carbocycles. The summed E-state index contributed by atoms with van der Waals surface area (Å²) in [5.41, 5.74) is 0. The van der Waals surface area contributed by atoms with Crippen LogP contribution in [0.4, 0.5) is 0 Å². The Labute approximate surface area is 96.4 Å². The third kappa shape index (κ3) is 8.97. The smallest absolute Gasteiger partial charge is 0.330 e. The number of aliphatic hydroxyl groups is 1. The first-order valence-corrected chi connectivity index (χ1v) is 5.09. The van der Waals surface area contributed by atoms with Crippen LogP contribution in [0.25, 0.3) is 0 Å². The fraction of sp³-hybridized carbons (Fsp3) is 0.308. The van der Waals surface area contributed by atoms with Crippen molar-refractivity contribution in [2.75, 3.05) is 7.11 Å². The minimum Gasteiger partial charge on any atom is -0.466 e. The zero-order valence-electron chi connectivity index (χ0n) is 9.67. The Kier molecular flexibility index (Phi) is 8.93. The topological polar surface area (TPSA) is 46.5 Å². The molecular weight excluding hydrogens is 204 g/mol. The van der Waals surface area contributed by atoms with Gasteiger partial charge in [0.05, 0.1) is 13.2 Å². The average Bonchev–Trinajstić information content (AvgIpc) is 2.28. The van der Waals surface area contributed by atoms with Crippen LogP contribution in [-0.2, 0) is 9.53 Å². The summed E-state index contributed by atoms with van der Waals surface area (Å²) >= 11 is 0. The van der Waals surface area contributed by atoms with Crippen LogP contribution < -0.4 is 0 Å². The summed E-state index contributed by atoms with van der Waals surface area (Å²) in [4.78, 5) is 10.7. The number of hydrogen-bond donors (Lipinski definition) is 1. The molecule has 0 aromatic carbocycles. The Bertz CT molecular complexity index is 298. The van der Waals surface area contributed by atoms with E-state index in [2.05, 4.69) is 4.74 Å². The van der Waals surface area contributed by atoms with Gasteiger partial charge in [-0.2, -0.15) is 0 Å². The van der Waals surface area contributed by atoms with E-state index in [-0.39, 0.29) is 0 Å². The van der Waals surface area contributed by atoms with Crippen molar-refractivity contribution >= 4 is 5.97 Å². The molecule has 0 aliphatic rings. The predicted molar refractivity (Wildman–Crippen MR) is 64.9 cm³/mol. The Balaban J connectivity index is 3.83. The van der Waals surface area contributed by atoms with Crippen molar-refractivity contribution in [1.29, 1.82) is 0 Å². The van der Waals surface area contributed by atoms with Gasteiger partial charge in [-0.1, -0.05) is 42.5 Å². The molecule has 0 aromatic heterocycles. The number of esters is 1. The fourth-order valence-corrected chi connectivity index (χ4v) is 0.881. The molecule has 16 heavy (non-hydrogen) atoms. The summed E-state index contributed by atoms with van der Waals surface area (Å²) < 4.78 is 4.42. The van der Waals surface area contributed by atoms with E-state index in [4.69, 9.17) is 0 Å². The molecule has 1 atom stereocenters. The highest BCUT2D eigenvalue weighted by molar-refractivity contribution is 5.82. The Morgan fingerprint density at radius 1 is 1.31 bits per heavy atom. The summed E-state index contributed by atoms with van der Waals surface area (Å²) in [6.45, 7) is 1.91. The zero-order chi connectivity index (χ0) is 12.2. The number of rotatable bonds is 6. The molecule has 0 bridgehead atoms. The first-order chi connectivity index (χ1) is 7.70. The normalized spacial score (nSPS) is 14.4. The standard InChI is InChI=1S/C13H18O3/c1-3-4-6-9-12(14)10-7-5-8-11-13(15)16-2/h3-9,11-12,14H,10H2,1-2H3/b4-3+,7-5+,9-6+,11-8+. The highest BCUT2D eigenvalue weighted by Gasteiger charge is 1.92. The molecule has 0 saturated carbocycles. The van der Waals surface area contributed by atoms with Gasteiger partial charge in [0, 0.05) is 6.08 Å². The van der Waals surface area contributed by atoms with E-state index >= 15 is 0 Å². The molecule has 0 spiro atoms. The van der Waals surface area contributed by atoms with Gasteiger partial charge < -0.3 is 9.84 Å². The molecule has 3 nitrogen and oxygen atoms in total. The maximum Gasteiger partial charge on any atom is 0.330 e. The molecule has 0 fully saturated rings. The fourth-order valence-electron chi connectivity index (χ4n) is 0.881. The molecule has 0 aliphatic heterocycles. The molecule has 0 aromatic rings. The van der Waals surface area contributed by atoms with Crippen molar-refractivity contribution in [3.8, 4) is 0 Å². The second-order valence-corrected chi connectivity index (χ2v) is 3.02. The summed E-state index contributed by atoms with van der Waals surface area (Å²) in [7, 11) is 1.33. The number of hydrogen-bond acceptors (Lipinski definition) is 3. The number of aliphatic hydroxyl groups excluding tert-OH is 1. The first kappa shape index (κ1) is 14.4. The SMILES string of the molecule is C/C=C/C=C/C(O)C/C=C/C=C/C(=O)OC. The van der Waals surface area contributed by atoms with Crippen LogP contribution in [-0.4, -0.2) is 24.3 Å². The molecule has 1 unspecified atom stereocenters. The molecule has 0 amide bonds. The van der Waals surface area contributed by atoms with Crippen LogP contribution in [0.1, 0.15) is 13.3 Å². The lowest BCUT2D eigenvalue weighted by molar-refractivity contribution is -0.134. The van der Waals surface area contributed by atoms with Gasteiger partial charge in [-0.3, -0.25) is 0 Å². The van der Waals surface area contributed by atoms with Crippen LogP contribution in [0.15, 0.2) is 48.6 Å². The van der Waals surface area contributed by atoms with E-state index in [0.717, 1.165) is 0 Å². The predicted octanol–water partition coefficient (Wildman–Crippen LogP) is 2.16. The van der Waals surface area contributed by atoms with Crippen molar-refractivity contribution in [3.63, 3.8) is 0 Å². The monoisotopic (exact) mass is 222 g/mol. The highest BCUT2D eigenvalue weighted by Crippen LogP contribution is 1.96. The molecular formula is C13H18O3. The van der Waals surface area contributed by atoms with Gasteiger partial charge in [0.1, 0.15) is 0 Å². The Morgan fingerprint density at radius 2 is 2.06 bits per heavy atom. The number of carbonyl (C=O) groups is 1. The minimum absolute atomic E-state index is 0.391. The second-order valence-electron chi connectivity index (χ2n) is 3.02. The van der Waals surface area contributed by atoms with Crippen LogP contribution in [0.2, 0.25) is 0 Å². The molecule has 88 valence electrons. The number of ether oxygens (including phenoxy) is 1. The van der Waals surface area contributed by atoms with Crippen LogP contribution in [0.5, 0.6) is 0 Å². The average molecular weight is 222 g/mol. The van der Waals surface area contributed by atoms with E-state index < -0.39 is 12.1 Å². The maximum absolute atomic E-state index is 10.7. The van der Waals surface area contributed by atoms with Crippen LogP contribution in [0, 0.1) is 0 Å². The van der Waals surface area contributed by atoms with Gasteiger partial charge in [0.2, 0.25) is 0 Å². The van der Waals surface area contributed by atoms with E-state index in [1.807, 2.05) is 19.1 Å². The Hall–Kier alpha value is -1.61. The van der Waals surface area contributed by atoms with E-state index in [1.165, 1.54) is 13.2 Å². The lowest BCUT2D eigenvalue weighted by Crippen LogP contribution is -1.98. The lowest BCUT2D eigenvalue weighted by atomic mass is 10.2. The lowest BCUT2D eigenvalue weighted by Gasteiger charge is -1.98. The highest BCUT2D eigenvalue weighted by atomic mass is 16.5. The van der Waals surface area contributed by atoms with Crippen molar-refractivity contribution < 1.29 is 14.6 Å². The number of allylic oxidation sites excluding steroid dienone is 5. The summed E-state index contributed by atoms with van der Waals surface area (Å²) in [6.07, 6.45) is 13.6. The van der Waals surface area contributed by atoms with Gasteiger partial charge in [-0.05, 0) is 13.3 Å². The molecule has 1 N–H and O–H groups in total. The van der Waals surface area contributed by atoms with Gasteiger partial charge in [0.25, 0.3) is 0 Å². The number of methoxy groups -OCH3 is 1. The maximum atomic E-state index is 10.7. The molecule has 0 radical (unpaired) electrons. The van der Waals surface area contributed by atoms with Gasteiger partial charge in [-0.15, -0.1) is 0 Å². The van der Waals surface area contributed by atoms with Gasteiger partial charge in [0.15, 0.2) is 0 Å². The van der Waals surface area contributed by atoms with Crippen molar-refractivity contribution in [1.82, 2.24) is 0 Å². The van der Waals surface area contributed by atoms with E-state index in [1.54, 1.807) is 30.4 Å². The molecule has 0 heterocycles. The van der Waals surface area contributed by atoms with E-state index in [9.17, 15) is 9.90 Å². The van der Waals surface area contributed by atoms with Crippen molar-refractivity contribution in [2.45, 2.75) is 19.4 Å². The first-order valence-electron chi connectivity index (χ1n) is 5.09. The minimum atomic E-state index is -0.501. The molecule has 0 saturated heterocycles. The van der Waals surface area contributed by atoms with Gasteiger partial charge >= 0.3 is 5.97 Å². The molecule has 3 heteroatoms. The quantitative estimate of drug-likeness (QED) is 0.425. The van der Waals surface area contributed by atoms with Crippen LogP contribution >= 0.6 is 0 Å². The van der Waals surface area contributed by atoms with Crippen molar-refractivity contribution in [2.24, 2.45) is 0 Å². The van der Waals surface area contributed by atoms with E-state index in [0.29, 0.717) is 6.42 Å². The number of carbonyl (C=O) groups excluding carboxylic acids is 1. The Morgan fingerprint density at radius 3 is 2.69 bits per heavy atom. The third-order valence-electron chi connectivity index (χ3n) is 1.70. The van der Waals surface area contributed by atoms with Crippen molar-refractivity contribution in [3.05, 3.63) is 48.6 Å². The van der Waals surface area contributed by atoms with Crippen LogP contribution in [0.3, 0.4) is 0 Å². The molecule has 0 rings (SSSR count). The third-order valence-corrected chi connectivity index (χ3v) is 1.70. The summed E-state index contributed by atoms with van der Waals surface area (Å²) in [5, 5.41) is 9.44.